The van der Waals surface area contributed by atoms with E-state index < -0.39 is 0 Å². The van der Waals surface area contributed by atoms with Crippen LogP contribution in [0, 0.1) is 13.8 Å². The summed E-state index contributed by atoms with van der Waals surface area (Å²) in [6, 6.07) is 3.77. The number of thiophene rings is 1. The molecule has 0 aromatic carbocycles. The van der Waals surface area contributed by atoms with E-state index in [2.05, 4.69) is 4.98 Å². The van der Waals surface area contributed by atoms with Crippen LogP contribution in [0.25, 0.3) is 10.2 Å². The highest BCUT2D eigenvalue weighted by molar-refractivity contribution is 7.17. The minimum atomic E-state index is -0.00727. The quantitative estimate of drug-likeness (QED) is 0.711. The van der Waals surface area contributed by atoms with Crippen molar-refractivity contribution < 1.29 is 4.42 Å². The highest BCUT2D eigenvalue weighted by atomic mass is 32.1. The van der Waals surface area contributed by atoms with Crippen molar-refractivity contribution in [3.05, 3.63) is 51.3 Å². The van der Waals surface area contributed by atoms with Crippen molar-refractivity contribution in [2.75, 3.05) is 0 Å². The molecular formula is C13H12N2O2S. The smallest absolute Gasteiger partial charge is 0.271 e. The summed E-state index contributed by atoms with van der Waals surface area (Å²) in [5.74, 6) is 1.61. The first kappa shape index (κ1) is 11.2. The Bertz CT molecular complexity index is 767. The monoisotopic (exact) mass is 260 g/mol. The Balaban J connectivity index is 2.07. The van der Waals surface area contributed by atoms with Gasteiger partial charge in [0.1, 0.15) is 16.2 Å². The number of aromatic nitrogens is 2. The number of fused-ring (bicyclic) bond motifs is 1. The van der Waals surface area contributed by atoms with E-state index in [1.165, 1.54) is 11.3 Å². The minimum Gasteiger partial charge on any atom is -0.464 e. The minimum absolute atomic E-state index is 0.00727. The van der Waals surface area contributed by atoms with Crippen LogP contribution < -0.4 is 5.56 Å². The van der Waals surface area contributed by atoms with Crippen LogP contribution in [0.2, 0.25) is 0 Å². The Kier molecular flexibility index (Phi) is 2.56. The van der Waals surface area contributed by atoms with Gasteiger partial charge >= 0.3 is 0 Å². The lowest BCUT2D eigenvalue weighted by molar-refractivity contribution is 0.466. The lowest BCUT2D eigenvalue weighted by Crippen LogP contribution is -2.20. The summed E-state index contributed by atoms with van der Waals surface area (Å²) in [5, 5.41) is 1.96. The molecule has 3 heterocycles. The topological polar surface area (TPSA) is 48.0 Å². The van der Waals surface area contributed by atoms with Crippen molar-refractivity contribution in [2.45, 2.75) is 20.4 Å². The molecule has 3 rings (SSSR count). The van der Waals surface area contributed by atoms with E-state index in [1.807, 2.05) is 31.4 Å². The second kappa shape index (κ2) is 4.10. The molecular weight excluding hydrogens is 248 g/mol. The van der Waals surface area contributed by atoms with E-state index in [-0.39, 0.29) is 5.56 Å². The molecule has 5 heteroatoms. The third kappa shape index (κ3) is 1.76. The molecule has 3 aromatic heterocycles. The Morgan fingerprint density at radius 3 is 2.94 bits per heavy atom. The highest BCUT2D eigenvalue weighted by Gasteiger charge is 2.09. The summed E-state index contributed by atoms with van der Waals surface area (Å²) < 4.78 is 7.76. The van der Waals surface area contributed by atoms with Crippen LogP contribution in [0.5, 0.6) is 0 Å². The van der Waals surface area contributed by atoms with Gasteiger partial charge in [0, 0.05) is 0 Å². The molecule has 92 valence electrons. The molecule has 0 atom stereocenters. The van der Waals surface area contributed by atoms with E-state index in [1.54, 1.807) is 10.9 Å². The maximum absolute atomic E-state index is 12.2. The number of hydrogen-bond acceptors (Lipinski definition) is 4. The number of aryl methyl sites for hydroxylation is 2. The number of furan rings is 1. The van der Waals surface area contributed by atoms with E-state index in [9.17, 15) is 4.79 Å². The van der Waals surface area contributed by atoms with Crippen LogP contribution in [0.1, 0.15) is 17.1 Å². The Morgan fingerprint density at radius 2 is 2.22 bits per heavy atom. The Hall–Kier alpha value is -1.88. The second-order valence-electron chi connectivity index (χ2n) is 4.29. The molecule has 0 spiro atoms. The van der Waals surface area contributed by atoms with Crippen LogP contribution in [0.3, 0.4) is 0 Å². The van der Waals surface area contributed by atoms with Gasteiger partial charge in [-0.15, -0.1) is 11.3 Å². The van der Waals surface area contributed by atoms with Gasteiger partial charge in [0.05, 0.1) is 18.4 Å². The average Bonchev–Trinajstić information content (AvgIpc) is 2.91. The van der Waals surface area contributed by atoms with Crippen LogP contribution in [0.15, 0.2) is 33.1 Å². The summed E-state index contributed by atoms with van der Waals surface area (Å²) in [6.45, 7) is 4.27. The molecule has 0 N–H and O–H groups in total. The number of nitrogens with zero attached hydrogens (tertiary/aromatic N) is 2. The predicted octanol–water partition coefficient (Wildman–Crippen LogP) is 2.72. The van der Waals surface area contributed by atoms with Gasteiger partial charge in [-0.3, -0.25) is 9.36 Å². The Morgan fingerprint density at radius 1 is 1.39 bits per heavy atom. The Labute approximate surface area is 108 Å². The molecule has 4 nitrogen and oxygen atoms in total. The fourth-order valence-electron chi connectivity index (χ4n) is 1.91. The molecule has 0 saturated heterocycles. The first-order valence-corrected chi connectivity index (χ1v) is 6.51. The highest BCUT2D eigenvalue weighted by Crippen LogP contribution is 2.19. The van der Waals surface area contributed by atoms with Crippen LogP contribution in [-0.4, -0.2) is 9.55 Å². The average molecular weight is 260 g/mol. The van der Waals surface area contributed by atoms with Crippen molar-refractivity contribution in [3.63, 3.8) is 0 Å². The molecule has 0 unspecified atom stereocenters. The molecule has 0 aliphatic heterocycles. The molecule has 18 heavy (non-hydrogen) atoms. The molecule has 0 radical (unpaired) electrons. The normalized spacial score (nSPS) is 11.2. The summed E-state index contributed by atoms with van der Waals surface area (Å²) in [4.78, 5) is 16.6. The zero-order valence-corrected chi connectivity index (χ0v) is 11.0. The predicted molar refractivity (Wildman–Crippen MR) is 71.2 cm³/mol. The molecule has 3 aromatic rings. The van der Waals surface area contributed by atoms with Crippen molar-refractivity contribution in [3.8, 4) is 0 Å². The van der Waals surface area contributed by atoms with Gasteiger partial charge in [-0.1, -0.05) is 0 Å². The third-order valence-corrected chi connectivity index (χ3v) is 3.92. The largest absolute Gasteiger partial charge is 0.464 e. The van der Waals surface area contributed by atoms with E-state index >= 15 is 0 Å². The summed E-state index contributed by atoms with van der Waals surface area (Å²) in [6.07, 6.45) is 1.59. The molecule has 0 amide bonds. The molecule has 0 saturated carbocycles. The van der Waals surface area contributed by atoms with Crippen molar-refractivity contribution in [2.24, 2.45) is 0 Å². The standard InChI is InChI=1S/C13H12N2O2S/c1-8-6-18-12-11(8)14-7-15(13(12)16)5-10-4-3-9(2)17-10/h3-4,6-7H,5H2,1-2H3. The van der Waals surface area contributed by atoms with E-state index in [0.717, 1.165) is 22.6 Å². The van der Waals surface area contributed by atoms with Gasteiger partial charge < -0.3 is 4.42 Å². The van der Waals surface area contributed by atoms with E-state index in [0.29, 0.717) is 11.2 Å². The lowest BCUT2D eigenvalue weighted by Gasteiger charge is -2.02. The van der Waals surface area contributed by atoms with Gasteiger partial charge in [0.2, 0.25) is 0 Å². The van der Waals surface area contributed by atoms with Gasteiger partial charge in [-0.05, 0) is 36.9 Å². The number of rotatable bonds is 2. The van der Waals surface area contributed by atoms with Crippen LogP contribution in [-0.2, 0) is 6.54 Å². The van der Waals surface area contributed by atoms with Gasteiger partial charge in [0.25, 0.3) is 5.56 Å². The van der Waals surface area contributed by atoms with Gasteiger partial charge in [-0.2, -0.15) is 0 Å². The number of hydrogen-bond donors (Lipinski definition) is 0. The van der Waals surface area contributed by atoms with Crippen molar-refractivity contribution in [1.29, 1.82) is 0 Å². The molecule has 0 aliphatic carbocycles. The fraction of sp³-hybridized carbons (Fsp3) is 0.231. The fourth-order valence-corrected chi connectivity index (χ4v) is 2.86. The van der Waals surface area contributed by atoms with Crippen molar-refractivity contribution >= 4 is 21.6 Å². The van der Waals surface area contributed by atoms with E-state index in [4.69, 9.17) is 4.42 Å². The second-order valence-corrected chi connectivity index (χ2v) is 5.17. The first-order valence-electron chi connectivity index (χ1n) is 5.63. The van der Waals surface area contributed by atoms with Crippen LogP contribution >= 0.6 is 11.3 Å². The zero-order valence-electron chi connectivity index (χ0n) is 10.1. The lowest BCUT2D eigenvalue weighted by atomic mass is 10.3. The summed E-state index contributed by atoms with van der Waals surface area (Å²) >= 11 is 1.44. The van der Waals surface area contributed by atoms with Gasteiger partial charge in [0.15, 0.2) is 0 Å². The summed E-state index contributed by atoms with van der Waals surface area (Å²) in [5.41, 5.74) is 1.84. The first-order chi connectivity index (χ1) is 8.65. The zero-order chi connectivity index (χ0) is 12.7. The van der Waals surface area contributed by atoms with Gasteiger partial charge in [-0.25, -0.2) is 4.98 Å². The maximum atomic E-state index is 12.2. The third-order valence-electron chi connectivity index (χ3n) is 2.85. The van der Waals surface area contributed by atoms with Crippen molar-refractivity contribution in [1.82, 2.24) is 9.55 Å². The summed E-state index contributed by atoms with van der Waals surface area (Å²) in [7, 11) is 0. The molecule has 0 fully saturated rings. The van der Waals surface area contributed by atoms with Crippen LogP contribution in [0.4, 0.5) is 0 Å². The SMILES string of the molecule is Cc1ccc(Cn2cnc3c(C)csc3c2=O)o1. The molecule has 0 aliphatic rings. The maximum Gasteiger partial charge on any atom is 0.271 e. The molecule has 0 bridgehead atoms.